The standard InChI is InChI=1S/C17H27BrN2O/c1-3-10-21-16-8-5-9-20(12-16)17(13(2)19)14-6-4-7-15(18)11-14/h4,6-7,11,13,16-17H,3,5,8-10,12,19H2,1-2H3. The van der Waals surface area contributed by atoms with E-state index in [1.807, 2.05) is 0 Å². The Balaban J connectivity index is 2.10. The van der Waals surface area contributed by atoms with Crippen molar-refractivity contribution in [3.05, 3.63) is 34.3 Å². The molecule has 3 atom stereocenters. The number of halogens is 1. The maximum Gasteiger partial charge on any atom is 0.0702 e. The molecule has 118 valence electrons. The molecule has 1 fully saturated rings. The largest absolute Gasteiger partial charge is 0.377 e. The van der Waals surface area contributed by atoms with Crippen molar-refractivity contribution >= 4 is 15.9 Å². The molecule has 4 heteroatoms. The van der Waals surface area contributed by atoms with E-state index >= 15 is 0 Å². The van der Waals surface area contributed by atoms with Gasteiger partial charge in [0.2, 0.25) is 0 Å². The van der Waals surface area contributed by atoms with E-state index in [0.717, 1.165) is 30.6 Å². The molecule has 1 saturated heterocycles. The molecule has 2 N–H and O–H groups in total. The molecule has 2 rings (SSSR count). The predicted octanol–water partition coefficient (Wildman–Crippen LogP) is 3.73. The van der Waals surface area contributed by atoms with Crippen LogP contribution >= 0.6 is 15.9 Å². The Bertz CT molecular complexity index is 439. The predicted molar refractivity (Wildman–Crippen MR) is 91.4 cm³/mol. The molecule has 0 saturated carbocycles. The van der Waals surface area contributed by atoms with Gasteiger partial charge in [-0.2, -0.15) is 0 Å². The Morgan fingerprint density at radius 1 is 1.48 bits per heavy atom. The zero-order valence-electron chi connectivity index (χ0n) is 13.1. The molecule has 0 bridgehead atoms. The van der Waals surface area contributed by atoms with Crippen molar-refractivity contribution in [1.82, 2.24) is 4.90 Å². The number of nitrogens with two attached hydrogens (primary N) is 1. The summed E-state index contributed by atoms with van der Waals surface area (Å²) in [6.07, 6.45) is 3.79. The molecule has 0 spiro atoms. The molecule has 3 unspecified atom stereocenters. The molecule has 0 radical (unpaired) electrons. The number of hydrogen-bond acceptors (Lipinski definition) is 3. The first-order valence-corrected chi connectivity index (χ1v) is 8.77. The third-order valence-corrected chi connectivity index (χ3v) is 4.54. The minimum Gasteiger partial charge on any atom is -0.377 e. The lowest BCUT2D eigenvalue weighted by molar-refractivity contribution is -0.0155. The summed E-state index contributed by atoms with van der Waals surface area (Å²) in [5.74, 6) is 0. The van der Waals surface area contributed by atoms with Gasteiger partial charge in [0.15, 0.2) is 0 Å². The van der Waals surface area contributed by atoms with E-state index in [1.165, 1.54) is 18.4 Å². The van der Waals surface area contributed by atoms with E-state index in [2.05, 4.69) is 58.9 Å². The van der Waals surface area contributed by atoms with Gasteiger partial charge in [0.1, 0.15) is 0 Å². The summed E-state index contributed by atoms with van der Waals surface area (Å²) in [5, 5.41) is 0. The lowest BCUT2D eigenvalue weighted by Gasteiger charge is -2.40. The smallest absolute Gasteiger partial charge is 0.0702 e. The van der Waals surface area contributed by atoms with E-state index in [1.54, 1.807) is 0 Å². The molecular weight excluding hydrogens is 328 g/mol. The molecule has 1 aromatic rings. The second-order valence-electron chi connectivity index (χ2n) is 5.99. The van der Waals surface area contributed by atoms with Crippen molar-refractivity contribution in [3.63, 3.8) is 0 Å². The van der Waals surface area contributed by atoms with Gasteiger partial charge in [0.05, 0.1) is 6.10 Å². The highest BCUT2D eigenvalue weighted by Gasteiger charge is 2.29. The Kier molecular flexibility index (Phi) is 6.68. The van der Waals surface area contributed by atoms with Crippen molar-refractivity contribution in [2.24, 2.45) is 5.73 Å². The number of ether oxygens (including phenoxy) is 1. The molecule has 1 heterocycles. The van der Waals surface area contributed by atoms with Crippen molar-refractivity contribution in [2.75, 3.05) is 19.7 Å². The monoisotopic (exact) mass is 354 g/mol. The highest BCUT2D eigenvalue weighted by atomic mass is 79.9. The van der Waals surface area contributed by atoms with Crippen molar-refractivity contribution < 1.29 is 4.74 Å². The Labute approximate surface area is 137 Å². The number of benzene rings is 1. The Morgan fingerprint density at radius 2 is 2.29 bits per heavy atom. The summed E-state index contributed by atoms with van der Waals surface area (Å²) in [6.45, 7) is 7.20. The summed E-state index contributed by atoms with van der Waals surface area (Å²) >= 11 is 3.57. The summed E-state index contributed by atoms with van der Waals surface area (Å²) < 4.78 is 7.07. The SMILES string of the molecule is CCCOC1CCCN(C(c2cccc(Br)c2)C(C)N)C1. The van der Waals surface area contributed by atoms with Crippen LogP contribution in [0.4, 0.5) is 0 Å². The highest BCUT2D eigenvalue weighted by molar-refractivity contribution is 9.10. The first-order valence-electron chi connectivity index (χ1n) is 7.98. The van der Waals surface area contributed by atoms with Gasteiger partial charge in [-0.1, -0.05) is 35.0 Å². The van der Waals surface area contributed by atoms with Gasteiger partial charge in [0, 0.05) is 29.7 Å². The molecule has 0 aromatic heterocycles. The minimum absolute atomic E-state index is 0.101. The molecule has 0 amide bonds. The maximum absolute atomic E-state index is 6.30. The Morgan fingerprint density at radius 3 is 2.95 bits per heavy atom. The lowest BCUT2D eigenvalue weighted by Crippen LogP contribution is -2.47. The van der Waals surface area contributed by atoms with E-state index in [-0.39, 0.29) is 12.1 Å². The van der Waals surface area contributed by atoms with Gasteiger partial charge < -0.3 is 10.5 Å². The average Bonchev–Trinajstić information content (AvgIpc) is 2.45. The molecule has 0 aliphatic carbocycles. The van der Waals surface area contributed by atoms with Crippen LogP contribution in [0.2, 0.25) is 0 Å². The van der Waals surface area contributed by atoms with Crippen LogP contribution in [0.15, 0.2) is 28.7 Å². The first-order chi connectivity index (χ1) is 10.1. The quantitative estimate of drug-likeness (QED) is 0.845. The molecule has 1 aromatic carbocycles. The number of likely N-dealkylation sites (tertiary alicyclic amines) is 1. The summed E-state index contributed by atoms with van der Waals surface area (Å²) in [5.41, 5.74) is 7.58. The zero-order chi connectivity index (χ0) is 15.2. The maximum atomic E-state index is 6.30. The average molecular weight is 355 g/mol. The molecule has 3 nitrogen and oxygen atoms in total. The Hall–Kier alpha value is -0.420. The van der Waals surface area contributed by atoms with Gasteiger partial charge in [0.25, 0.3) is 0 Å². The van der Waals surface area contributed by atoms with Gasteiger partial charge in [-0.15, -0.1) is 0 Å². The van der Waals surface area contributed by atoms with E-state index in [9.17, 15) is 0 Å². The van der Waals surface area contributed by atoms with Crippen LogP contribution in [0, 0.1) is 0 Å². The number of piperidine rings is 1. The molecule has 1 aliphatic rings. The van der Waals surface area contributed by atoms with Crippen molar-refractivity contribution in [3.8, 4) is 0 Å². The van der Waals surface area contributed by atoms with Gasteiger partial charge in [-0.05, 0) is 50.4 Å². The number of hydrogen-bond donors (Lipinski definition) is 1. The van der Waals surface area contributed by atoms with Crippen molar-refractivity contribution in [1.29, 1.82) is 0 Å². The van der Waals surface area contributed by atoms with Crippen LogP contribution in [0.3, 0.4) is 0 Å². The van der Waals surface area contributed by atoms with Gasteiger partial charge in [-0.25, -0.2) is 0 Å². The number of rotatable bonds is 6. The second-order valence-corrected chi connectivity index (χ2v) is 6.90. The number of nitrogens with zero attached hydrogens (tertiary/aromatic N) is 1. The zero-order valence-corrected chi connectivity index (χ0v) is 14.7. The van der Waals surface area contributed by atoms with Crippen LogP contribution in [0.25, 0.3) is 0 Å². The van der Waals surface area contributed by atoms with Crippen LogP contribution < -0.4 is 5.73 Å². The van der Waals surface area contributed by atoms with Crippen LogP contribution in [-0.4, -0.2) is 36.7 Å². The van der Waals surface area contributed by atoms with Crippen LogP contribution in [0.5, 0.6) is 0 Å². The van der Waals surface area contributed by atoms with Gasteiger partial charge in [-0.3, -0.25) is 4.90 Å². The fraction of sp³-hybridized carbons (Fsp3) is 0.647. The highest BCUT2D eigenvalue weighted by Crippen LogP contribution is 2.29. The molecule has 21 heavy (non-hydrogen) atoms. The summed E-state index contributed by atoms with van der Waals surface area (Å²) in [6, 6.07) is 8.87. The minimum atomic E-state index is 0.101. The third-order valence-electron chi connectivity index (χ3n) is 4.05. The summed E-state index contributed by atoms with van der Waals surface area (Å²) in [4.78, 5) is 2.50. The van der Waals surface area contributed by atoms with E-state index < -0.39 is 0 Å². The fourth-order valence-corrected chi connectivity index (χ4v) is 3.59. The lowest BCUT2D eigenvalue weighted by atomic mass is 9.96. The second kappa shape index (κ2) is 8.28. The summed E-state index contributed by atoms with van der Waals surface area (Å²) in [7, 11) is 0. The third kappa shape index (κ3) is 4.78. The van der Waals surface area contributed by atoms with Crippen LogP contribution in [0.1, 0.15) is 44.7 Å². The van der Waals surface area contributed by atoms with Crippen molar-refractivity contribution in [2.45, 2.75) is 51.3 Å². The van der Waals surface area contributed by atoms with E-state index in [4.69, 9.17) is 10.5 Å². The van der Waals surface area contributed by atoms with Crippen LogP contribution in [-0.2, 0) is 4.74 Å². The first kappa shape index (κ1) is 16.9. The molecule has 1 aliphatic heterocycles. The van der Waals surface area contributed by atoms with Gasteiger partial charge >= 0.3 is 0 Å². The van der Waals surface area contributed by atoms with E-state index in [0.29, 0.717) is 6.10 Å². The normalized spacial score (nSPS) is 23.0. The topological polar surface area (TPSA) is 38.5 Å². The fourth-order valence-electron chi connectivity index (χ4n) is 3.18. The molecular formula is C17H27BrN2O.